The van der Waals surface area contributed by atoms with Crippen LogP contribution in [0.25, 0.3) is 0 Å². The first-order chi connectivity index (χ1) is 2.56. The number of halogens is 1. The molecule has 0 unspecified atom stereocenters. The third kappa shape index (κ3) is 10.7. The highest BCUT2D eigenvalue weighted by Gasteiger charge is 2.14. The van der Waals surface area contributed by atoms with Crippen LogP contribution in [0.1, 0.15) is 13.3 Å². The van der Waals surface area contributed by atoms with Crippen molar-refractivity contribution in [3.63, 3.8) is 0 Å². The predicted molar refractivity (Wildman–Crippen MR) is 20.3 cm³/mol. The van der Waals surface area contributed by atoms with Gasteiger partial charge in [-0.15, -0.1) is 0 Å². The number of hydrogen-bond donors (Lipinski definition) is 3. The fraction of sp³-hybridized carbons (Fsp3) is 1.00. The van der Waals surface area contributed by atoms with Crippen molar-refractivity contribution < 1.29 is 28.4 Å². The Morgan fingerprint density at radius 3 is 1.71 bits per heavy atom. The summed E-state index contributed by atoms with van der Waals surface area (Å²) < 4.78 is 0. The summed E-state index contributed by atoms with van der Waals surface area (Å²) in [5.41, 5.74) is 3.00. The summed E-state index contributed by atoms with van der Waals surface area (Å²) in [6.45, 7) is 1.65. The number of aliphatic hydroxyl groups is 2. The van der Waals surface area contributed by atoms with Gasteiger partial charge < -0.3 is 28.4 Å². The van der Waals surface area contributed by atoms with Crippen molar-refractivity contribution in [1.82, 2.24) is 0 Å². The molecular formula is C3H10ClNO2. The van der Waals surface area contributed by atoms with Crippen molar-refractivity contribution in [3.05, 3.63) is 0 Å². The smallest absolute Gasteiger partial charge is 0.308 e. The second-order valence-corrected chi connectivity index (χ2v) is 1.34. The third-order valence-electron chi connectivity index (χ3n) is 0.566. The third-order valence-corrected chi connectivity index (χ3v) is 0.566. The van der Waals surface area contributed by atoms with E-state index in [-0.39, 0.29) is 18.8 Å². The number of hydrogen-bond acceptors (Lipinski definition) is 2. The van der Waals surface area contributed by atoms with Gasteiger partial charge in [0.25, 0.3) is 0 Å². The minimum atomic E-state index is -1.71. The molecule has 0 fully saturated rings. The molecule has 0 heterocycles. The van der Waals surface area contributed by atoms with Crippen LogP contribution in [0.15, 0.2) is 0 Å². The van der Waals surface area contributed by atoms with Crippen LogP contribution in [0.4, 0.5) is 0 Å². The first-order valence-electron chi connectivity index (χ1n) is 1.86. The van der Waals surface area contributed by atoms with Crippen molar-refractivity contribution >= 4 is 0 Å². The van der Waals surface area contributed by atoms with E-state index in [2.05, 4.69) is 5.73 Å². The Hall–Kier alpha value is 0.170. The van der Waals surface area contributed by atoms with Crippen LogP contribution < -0.4 is 18.1 Å². The van der Waals surface area contributed by atoms with Gasteiger partial charge in [-0.05, 0) is 0 Å². The van der Waals surface area contributed by atoms with Gasteiger partial charge >= 0.3 is 5.91 Å². The zero-order chi connectivity index (χ0) is 5.21. The van der Waals surface area contributed by atoms with Crippen LogP contribution in [-0.4, -0.2) is 16.1 Å². The highest BCUT2D eigenvalue weighted by atomic mass is 35.5. The zero-order valence-electron chi connectivity index (χ0n) is 4.19. The van der Waals surface area contributed by atoms with E-state index < -0.39 is 5.91 Å². The van der Waals surface area contributed by atoms with Gasteiger partial charge in [-0.1, -0.05) is 6.92 Å². The molecule has 0 aromatic heterocycles. The Morgan fingerprint density at radius 1 is 1.57 bits per heavy atom. The van der Waals surface area contributed by atoms with E-state index in [4.69, 9.17) is 10.2 Å². The summed E-state index contributed by atoms with van der Waals surface area (Å²) in [4.78, 5) is 0. The molecule has 0 aromatic carbocycles. The average Bonchev–Trinajstić information content (AvgIpc) is 1.35. The molecule has 4 heteroatoms. The van der Waals surface area contributed by atoms with Gasteiger partial charge in [0, 0.05) is 0 Å². The van der Waals surface area contributed by atoms with Gasteiger partial charge in [0.1, 0.15) is 0 Å². The molecule has 0 aliphatic carbocycles. The maximum Gasteiger partial charge on any atom is 0.308 e. The van der Waals surface area contributed by atoms with Crippen LogP contribution in [0.5, 0.6) is 0 Å². The van der Waals surface area contributed by atoms with Crippen LogP contribution in [0, 0.1) is 0 Å². The molecule has 46 valence electrons. The van der Waals surface area contributed by atoms with Crippen LogP contribution in [0.2, 0.25) is 0 Å². The SMILES string of the molecule is CCC([NH3+])(O)O.[Cl-]. The second kappa shape index (κ2) is 3.21. The van der Waals surface area contributed by atoms with E-state index in [9.17, 15) is 0 Å². The minimum absolute atomic E-state index is 0. The summed E-state index contributed by atoms with van der Waals surface area (Å²) in [6, 6.07) is 0. The quantitative estimate of drug-likeness (QED) is 0.310. The average molecular weight is 128 g/mol. The molecule has 0 saturated carbocycles. The number of rotatable bonds is 1. The molecule has 0 spiro atoms. The van der Waals surface area contributed by atoms with Crippen LogP contribution in [-0.2, 0) is 0 Å². The van der Waals surface area contributed by atoms with Crippen molar-refractivity contribution in [2.24, 2.45) is 0 Å². The van der Waals surface area contributed by atoms with Gasteiger partial charge in [0.05, 0.1) is 6.42 Å². The maximum absolute atomic E-state index is 8.27. The Bertz CT molecular complexity index is 42.7. The molecule has 0 saturated heterocycles. The molecular weight excluding hydrogens is 117 g/mol. The van der Waals surface area contributed by atoms with E-state index in [1.165, 1.54) is 0 Å². The first-order valence-corrected chi connectivity index (χ1v) is 1.86. The molecule has 0 aliphatic rings. The van der Waals surface area contributed by atoms with Crippen molar-refractivity contribution in [1.29, 1.82) is 0 Å². The fourth-order valence-electron chi connectivity index (χ4n) is 0. The van der Waals surface area contributed by atoms with Crippen LogP contribution in [0.3, 0.4) is 0 Å². The lowest BCUT2D eigenvalue weighted by atomic mass is 10.4. The van der Waals surface area contributed by atoms with Gasteiger partial charge in [0.15, 0.2) is 0 Å². The van der Waals surface area contributed by atoms with Crippen molar-refractivity contribution in [2.75, 3.05) is 0 Å². The molecule has 5 N–H and O–H groups in total. The van der Waals surface area contributed by atoms with Gasteiger partial charge in [-0.3, -0.25) is 0 Å². The van der Waals surface area contributed by atoms with E-state index >= 15 is 0 Å². The molecule has 0 aliphatic heterocycles. The molecule has 3 nitrogen and oxygen atoms in total. The van der Waals surface area contributed by atoms with E-state index in [1.54, 1.807) is 6.92 Å². The van der Waals surface area contributed by atoms with Gasteiger partial charge in [0.2, 0.25) is 0 Å². The normalized spacial score (nSPS) is 10.3. The Labute approximate surface area is 48.6 Å². The summed E-state index contributed by atoms with van der Waals surface area (Å²) in [6.07, 6.45) is 0.271. The monoisotopic (exact) mass is 127 g/mol. The van der Waals surface area contributed by atoms with Crippen LogP contribution >= 0.6 is 0 Å². The molecule has 7 heavy (non-hydrogen) atoms. The van der Waals surface area contributed by atoms with E-state index in [1.807, 2.05) is 0 Å². The molecule has 0 amide bonds. The summed E-state index contributed by atoms with van der Waals surface area (Å²) in [5, 5.41) is 16.5. The molecule has 0 radical (unpaired) electrons. The standard InChI is InChI=1S/C3H9NO2.ClH/c1-2-3(4,5)6;/h5-6H,2,4H2,1H3;1H. The van der Waals surface area contributed by atoms with Gasteiger partial charge in [-0.2, -0.15) is 0 Å². The summed E-state index contributed by atoms with van der Waals surface area (Å²) in [7, 11) is 0. The minimum Gasteiger partial charge on any atom is -1.00 e. The predicted octanol–water partition coefficient (Wildman–Crippen LogP) is -4.72. The van der Waals surface area contributed by atoms with Gasteiger partial charge in [-0.25, -0.2) is 0 Å². The van der Waals surface area contributed by atoms with Crippen molar-refractivity contribution in [2.45, 2.75) is 19.3 Å². The Balaban J connectivity index is 0. The molecule has 0 atom stereocenters. The topological polar surface area (TPSA) is 68.1 Å². The Kier molecular flexibility index (Phi) is 4.68. The molecule has 0 aromatic rings. The maximum atomic E-state index is 8.27. The lowest BCUT2D eigenvalue weighted by Gasteiger charge is -2.05. The largest absolute Gasteiger partial charge is 1.00 e. The highest BCUT2D eigenvalue weighted by molar-refractivity contribution is 4.32. The zero-order valence-corrected chi connectivity index (χ0v) is 4.94. The van der Waals surface area contributed by atoms with E-state index in [0.717, 1.165) is 0 Å². The van der Waals surface area contributed by atoms with E-state index in [0.29, 0.717) is 0 Å². The highest BCUT2D eigenvalue weighted by Crippen LogP contribution is 1.87. The summed E-state index contributed by atoms with van der Waals surface area (Å²) in [5.74, 6) is -1.71. The number of quaternary nitrogens is 1. The van der Waals surface area contributed by atoms with Crippen molar-refractivity contribution in [3.8, 4) is 0 Å². The lowest BCUT2D eigenvalue weighted by Crippen LogP contribution is -3.00. The Morgan fingerprint density at radius 2 is 1.71 bits per heavy atom. The first kappa shape index (κ1) is 10.2. The fourth-order valence-corrected chi connectivity index (χ4v) is 0. The lowest BCUT2D eigenvalue weighted by molar-refractivity contribution is -0.619. The molecule has 0 rings (SSSR count). The summed E-state index contributed by atoms with van der Waals surface area (Å²) >= 11 is 0. The second-order valence-electron chi connectivity index (χ2n) is 1.34. The molecule has 0 bridgehead atoms.